The van der Waals surface area contributed by atoms with Gasteiger partial charge in [-0.1, -0.05) is 20.8 Å². The standard InChI is InChI=1S/C12H19N3O/c1-5-9(4)13-12(16)11-7-6-10(8(2)3)14-15-11/h6-9H,5H2,1-4H3,(H,13,16). The first-order valence-electron chi connectivity index (χ1n) is 5.69. The molecule has 0 saturated heterocycles. The van der Waals surface area contributed by atoms with Crippen LogP contribution in [0.1, 0.15) is 56.2 Å². The molecule has 88 valence electrons. The van der Waals surface area contributed by atoms with Gasteiger partial charge >= 0.3 is 0 Å². The van der Waals surface area contributed by atoms with Gasteiger partial charge < -0.3 is 5.32 Å². The highest BCUT2D eigenvalue weighted by molar-refractivity contribution is 5.92. The quantitative estimate of drug-likeness (QED) is 0.847. The van der Waals surface area contributed by atoms with Gasteiger partial charge in [-0.3, -0.25) is 4.79 Å². The fraction of sp³-hybridized carbons (Fsp3) is 0.583. The molecule has 1 aromatic rings. The minimum absolute atomic E-state index is 0.155. The molecule has 1 amide bonds. The second kappa shape index (κ2) is 5.58. The lowest BCUT2D eigenvalue weighted by Crippen LogP contribution is -2.32. The summed E-state index contributed by atoms with van der Waals surface area (Å²) < 4.78 is 0. The molecule has 0 aromatic carbocycles. The highest BCUT2D eigenvalue weighted by Crippen LogP contribution is 2.09. The average Bonchev–Trinajstić information content (AvgIpc) is 2.28. The molecule has 1 N–H and O–H groups in total. The van der Waals surface area contributed by atoms with Gasteiger partial charge in [-0.2, -0.15) is 5.10 Å². The normalized spacial score (nSPS) is 12.6. The van der Waals surface area contributed by atoms with Crippen molar-refractivity contribution in [1.82, 2.24) is 15.5 Å². The van der Waals surface area contributed by atoms with Crippen molar-refractivity contribution >= 4 is 5.91 Å². The highest BCUT2D eigenvalue weighted by atomic mass is 16.2. The lowest BCUT2D eigenvalue weighted by Gasteiger charge is -2.10. The van der Waals surface area contributed by atoms with E-state index in [0.29, 0.717) is 11.6 Å². The third-order valence-corrected chi connectivity index (χ3v) is 2.50. The molecule has 0 aliphatic heterocycles. The van der Waals surface area contributed by atoms with Crippen molar-refractivity contribution in [1.29, 1.82) is 0 Å². The van der Waals surface area contributed by atoms with Crippen LogP contribution < -0.4 is 5.32 Å². The Balaban J connectivity index is 2.70. The molecule has 0 saturated carbocycles. The van der Waals surface area contributed by atoms with E-state index in [1.54, 1.807) is 6.07 Å². The van der Waals surface area contributed by atoms with Gasteiger partial charge in [0.15, 0.2) is 5.69 Å². The number of aromatic nitrogens is 2. The van der Waals surface area contributed by atoms with Crippen LogP contribution in [0.4, 0.5) is 0 Å². The Bertz CT molecular complexity index is 346. The molecule has 1 heterocycles. The van der Waals surface area contributed by atoms with Crippen LogP contribution in [0.15, 0.2) is 12.1 Å². The SMILES string of the molecule is CCC(C)NC(=O)c1ccc(C(C)C)nn1. The number of nitrogens with zero attached hydrogens (tertiary/aromatic N) is 2. The molecule has 0 spiro atoms. The van der Waals surface area contributed by atoms with E-state index in [9.17, 15) is 4.79 Å². The molecular formula is C12H19N3O. The molecule has 4 heteroatoms. The number of amides is 1. The van der Waals surface area contributed by atoms with E-state index in [1.807, 2.05) is 33.8 Å². The summed E-state index contributed by atoms with van der Waals surface area (Å²) in [5.41, 5.74) is 1.28. The van der Waals surface area contributed by atoms with Crippen molar-refractivity contribution in [3.63, 3.8) is 0 Å². The summed E-state index contributed by atoms with van der Waals surface area (Å²) in [4.78, 5) is 11.7. The van der Waals surface area contributed by atoms with Gasteiger partial charge in [-0.15, -0.1) is 5.10 Å². The first-order valence-corrected chi connectivity index (χ1v) is 5.69. The first-order chi connectivity index (χ1) is 7.54. The molecule has 1 aromatic heterocycles. The van der Waals surface area contributed by atoms with E-state index in [1.165, 1.54) is 0 Å². The molecular weight excluding hydrogens is 202 g/mol. The maximum atomic E-state index is 11.7. The second-order valence-electron chi connectivity index (χ2n) is 4.28. The van der Waals surface area contributed by atoms with Crippen LogP contribution in [0.5, 0.6) is 0 Å². The van der Waals surface area contributed by atoms with Gasteiger partial charge in [0.05, 0.1) is 5.69 Å². The smallest absolute Gasteiger partial charge is 0.272 e. The molecule has 1 atom stereocenters. The average molecular weight is 221 g/mol. The largest absolute Gasteiger partial charge is 0.348 e. The van der Waals surface area contributed by atoms with Crippen molar-refractivity contribution < 1.29 is 4.79 Å². The van der Waals surface area contributed by atoms with Gasteiger partial charge in [0.25, 0.3) is 5.91 Å². The first kappa shape index (κ1) is 12.6. The molecule has 1 rings (SSSR count). The summed E-state index contributed by atoms with van der Waals surface area (Å²) in [7, 11) is 0. The van der Waals surface area contributed by atoms with Crippen LogP contribution in [-0.4, -0.2) is 22.1 Å². The van der Waals surface area contributed by atoms with Gasteiger partial charge in [-0.25, -0.2) is 0 Å². The van der Waals surface area contributed by atoms with Crippen LogP contribution >= 0.6 is 0 Å². The predicted octanol–water partition coefficient (Wildman–Crippen LogP) is 2.13. The van der Waals surface area contributed by atoms with Gasteiger partial charge in [0, 0.05) is 6.04 Å². The van der Waals surface area contributed by atoms with Crippen LogP contribution in [0.3, 0.4) is 0 Å². The Labute approximate surface area is 96.5 Å². The van der Waals surface area contributed by atoms with Crippen LogP contribution in [0.25, 0.3) is 0 Å². The Morgan fingerprint density at radius 1 is 1.31 bits per heavy atom. The molecule has 0 fully saturated rings. The minimum Gasteiger partial charge on any atom is -0.348 e. The van der Waals surface area contributed by atoms with Gasteiger partial charge in [0.1, 0.15) is 0 Å². The Morgan fingerprint density at radius 2 is 2.00 bits per heavy atom. The molecule has 16 heavy (non-hydrogen) atoms. The molecule has 0 radical (unpaired) electrons. The van der Waals surface area contributed by atoms with E-state index in [2.05, 4.69) is 15.5 Å². The number of hydrogen-bond acceptors (Lipinski definition) is 3. The second-order valence-corrected chi connectivity index (χ2v) is 4.28. The van der Waals surface area contributed by atoms with Crippen LogP contribution in [0, 0.1) is 0 Å². The highest BCUT2D eigenvalue weighted by Gasteiger charge is 2.11. The van der Waals surface area contributed by atoms with E-state index in [0.717, 1.165) is 12.1 Å². The zero-order valence-electron chi connectivity index (χ0n) is 10.3. The molecule has 4 nitrogen and oxygen atoms in total. The summed E-state index contributed by atoms with van der Waals surface area (Å²) >= 11 is 0. The molecule has 0 bridgehead atoms. The lowest BCUT2D eigenvalue weighted by atomic mass is 10.1. The van der Waals surface area contributed by atoms with Crippen molar-refractivity contribution in [2.24, 2.45) is 0 Å². The molecule has 0 aliphatic carbocycles. The zero-order chi connectivity index (χ0) is 12.1. The Morgan fingerprint density at radius 3 is 2.44 bits per heavy atom. The number of hydrogen-bond donors (Lipinski definition) is 1. The minimum atomic E-state index is -0.155. The number of carbonyl (C=O) groups excluding carboxylic acids is 1. The third-order valence-electron chi connectivity index (χ3n) is 2.50. The zero-order valence-corrected chi connectivity index (χ0v) is 10.3. The van der Waals surface area contributed by atoms with Crippen molar-refractivity contribution in [3.05, 3.63) is 23.5 Å². The summed E-state index contributed by atoms with van der Waals surface area (Å²) in [5.74, 6) is 0.177. The van der Waals surface area contributed by atoms with E-state index < -0.39 is 0 Å². The Kier molecular flexibility index (Phi) is 4.40. The maximum Gasteiger partial charge on any atom is 0.272 e. The summed E-state index contributed by atoms with van der Waals surface area (Å²) in [5, 5.41) is 10.8. The summed E-state index contributed by atoms with van der Waals surface area (Å²) in [6.45, 7) is 8.08. The van der Waals surface area contributed by atoms with Gasteiger partial charge in [0.2, 0.25) is 0 Å². The number of rotatable bonds is 4. The van der Waals surface area contributed by atoms with E-state index >= 15 is 0 Å². The van der Waals surface area contributed by atoms with Crippen molar-refractivity contribution in [2.45, 2.75) is 46.1 Å². The maximum absolute atomic E-state index is 11.7. The predicted molar refractivity (Wildman–Crippen MR) is 63.3 cm³/mol. The van der Waals surface area contributed by atoms with Crippen molar-refractivity contribution in [2.75, 3.05) is 0 Å². The monoisotopic (exact) mass is 221 g/mol. The van der Waals surface area contributed by atoms with Crippen LogP contribution in [0.2, 0.25) is 0 Å². The van der Waals surface area contributed by atoms with E-state index in [-0.39, 0.29) is 11.9 Å². The Hall–Kier alpha value is -1.45. The summed E-state index contributed by atoms with van der Waals surface area (Å²) in [6, 6.07) is 3.74. The summed E-state index contributed by atoms with van der Waals surface area (Å²) in [6.07, 6.45) is 0.906. The fourth-order valence-electron chi connectivity index (χ4n) is 1.17. The number of carbonyl (C=O) groups is 1. The van der Waals surface area contributed by atoms with Gasteiger partial charge in [-0.05, 0) is 31.4 Å². The fourth-order valence-corrected chi connectivity index (χ4v) is 1.17. The van der Waals surface area contributed by atoms with Crippen molar-refractivity contribution in [3.8, 4) is 0 Å². The third kappa shape index (κ3) is 3.29. The molecule has 0 aliphatic rings. The number of nitrogens with one attached hydrogen (secondary N) is 1. The van der Waals surface area contributed by atoms with Crippen LogP contribution in [-0.2, 0) is 0 Å². The lowest BCUT2D eigenvalue weighted by molar-refractivity contribution is 0.0933. The topological polar surface area (TPSA) is 54.9 Å². The molecule has 1 unspecified atom stereocenters. The van der Waals surface area contributed by atoms with E-state index in [4.69, 9.17) is 0 Å².